The number of aliphatic hydroxyl groups excluding tert-OH is 1. The number of aryl methyl sites for hydroxylation is 1. The van der Waals surface area contributed by atoms with Gasteiger partial charge in [-0.2, -0.15) is 0 Å². The molecule has 4 N–H and O–H groups in total. The molecule has 0 fully saturated rings. The van der Waals surface area contributed by atoms with Crippen molar-refractivity contribution in [3.63, 3.8) is 0 Å². The zero-order valence-corrected chi connectivity index (χ0v) is 7.79. The van der Waals surface area contributed by atoms with E-state index in [4.69, 9.17) is 10.8 Å². The second kappa shape index (κ2) is 4.21. The highest BCUT2D eigenvalue weighted by Gasteiger charge is 2.25. The van der Waals surface area contributed by atoms with Crippen molar-refractivity contribution in [3.8, 4) is 0 Å². The standard InChI is InChI=1S/C8H13N3O3/c1-2-11-4-10-3-5(11)7(12)6(9)8(13)14/h3-4,6-7,12H,2,9H2,1H3,(H,13,14). The Morgan fingerprint density at radius 1 is 1.79 bits per heavy atom. The van der Waals surface area contributed by atoms with Gasteiger partial charge in [-0.3, -0.25) is 4.79 Å². The molecule has 0 aliphatic heterocycles. The Balaban J connectivity index is 2.88. The maximum absolute atomic E-state index is 10.5. The summed E-state index contributed by atoms with van der Waals surface area (Å²) >= 11 is 0. The predicted octanol–water partition coefficient (Wildman–Crippen LogP) is -0.652. The number of imidazole rings is 1. The van der Waals surface area contributed by atoms with Crippen molar-refractivity contribution in [2.75, 3.05) is 0 Å². The van der Waals surface area contributed by atoms with E-state index in [1.165, 1.54) is 12.5 Å². The van der Waals surface area contributed by atoms with Gasteiger partial charge in [-0.25, -0.2) is 4.98 Å². The third-order valence-corrected chi connectivity index (χ3v) is 2.01. The van der Waals surface area contributed by atoms with E-state index in [9.17, 15) is 9.90 Å². The van der Waals surface area contributed by atoms with Gasteiger partial charge in [-0.05, 0) is 6.92 Å². The summed E-state index contributed by atoms with van der Waals surface area (Å²) in [6.45, 7) is 2.48. The summed E-state index contributed by atoms with van der Waals surface area (Å²) in [5, 5.41) is 18.2. The normalized spacial score (nSPS) is 15.1. The van der Waals surface area contributed by atoms with Crippen molar-refractivity contribution >= 4 is 5.97 Å². The fraction of sp³-hybridized carbons (Fsp3) is 0.500. The zero-order valence-electron chi connectivity index (χ0n) is 7.79. The molecule has 1 heterocycles. The molecule has 6 heteroatoms. The number of carboxylic acid groups (broad SMARTS) is 1. The zero-order chi connectivity index (χ0) is 10.7. The van der Waals surface area contributed by atoms with Gasteiger partial charge in [0.2, 0.25) is 0 Å². The minimum absolute atomic E-state index is 0.419. The fourth-order valence-corrected chi connectivity index (χ4v) is 1.16. The molecule has 78 valence electrons. The molecule has 1 aromatic rings. The van der Waals surface area contributed by atoms with E-state index in [1.807, 2.05) is 6.92 Å². The van der Waals surface area contributed by atoms with Crippen LogP contribution in [0.4, 0.5) is 0 Å². The van der Waals surface area contributed by atoms with Gasteiger partial charge < -0.3 is 20.5 Å². The molecule has 0 saturated heterocycles. The molecule has 0 bridgehead atoms. The molecule has 1 rings (SSSR count). The van der Waals surface area contributed by atoms with Gasteiger partial charge in [0.05, 0.1) is 18.2 Å². The lowest BCUT2D eigenvalue weighted by Crippen LogP contribution is -2.37. The molecule has 0 aromatic carbocycles. The Kier molecular flexibility index (Phi) is 3.21. The fourth-order valence-electron chi connectivity index (χ4n) is 1.16. The molecule has 2 unspecified atom stereocenters. The van der Waals surface area contributed by atoms with Crippen LogP contribution in [-0.4, -0.2) is 31.8 Å². The molecule has 0 spiro atoms. The smallest absolute Gasteiger partial charge is 0.323 e. The number of rotatable bonds is 4. The summed E-state index contributed by atoms with van der Waals surface area (Å²) < 4.78 is 1.65. The number of aromatic nitrogens is 2. The van der Waals surface area contributed by atoms with E-state index in [2.05, 4.69) is 4.98 Å². The van der Waals surface area contributed by atoms with Crippen molar-refractivity contribution in [2.24, 2.45) is 5.73 Å². The van der Waals surface area contributed by atoms with Crippen LogP contribution in [0.25, 0.3) is 0 Å². The summed E-state index contributed by atoms with van der Waals surface area (Å²) in [5.41, 5.74) is 5.70. The minimum atomic E-state index is -1.32. The van der Waals surface area contributed by atoms with Gasteiger partial charge in [-0.15, -0.1) is 0 Å². The van der Waals surface area contributed by atoms with Crippen molar-refractivity contribution in [1.82, 2.24) is 9.55 Å². The van der Waals surface area contributed by atoms with Gasteiger partial charge in [-0.1, -0.05) is 0 Å². The second-order valence-corrected chi connectivity index (χ2v) is 2.91. The molecule has 0 saturated carbocycles. The van der Waals surface area contributed by atoms with Crippen LogP contribution >= 0.6 is 0 Å². The Morgan fingerprint density at radius 3 is 2.93 bits per heavy atom. The lowest BCUT2D eigenvalue weighted by molar-refractivity contribution is -0.141. The SMILES string of the molecule is CCn1cncc1C(O)C(N)C(=O)O. The van der Waals surface area contributed by atoms with Crippen molar-refractivity contribution in [3.05, 3.63) is 18.2 Å². The molecular weight excluding hydrogens is 186 g/mol. The Labute approximate surface area is 81.0 Å². The molecule has 0 radical (unpaired) electrons. The van der Waals surface area contributed by atoms with Crippen LogP contribution in [0.1, 0.15) is 18.7 Å². The Bertz CT molecular complexity index is 323. The molecule has 0 amide bonds. The van der Waals surface area contributed by atoms with Crippen LogP contribution in [0.3, 0.4) is 0 Å². The van der Waals surface area contributed by atoms with Gasteiger partial charge >= 0.3 is 5.97 Å². The highest BCUT2D eigenvalue weighted by molar-refractivity contribution is 5.74. The number of carbonyl (C=O) groups is 1. The van der Waals surface area contributed by atoms with Crippen LogP contribution in [0.15, 0.2) is 12.5 Å². The average molecular weight is 199 g/mol. The molecule has 14 heavy (non-hydrogen) atoms. The second-order valence-electron chi connectivity index (χ2n) is 2.91. The van der Waals surface area contributed by atoms with Crippen molar-refractivity contribution in [2.45, 2.75) is 25.6 Å². The average Bonchev–Trinajstić information content (AvgIpc) is 2.62. The van der Waals surface area contributed by atoms with E-state index < -0.39 is 18.1 Å². The number of hydrogen-bond acceptors (Lipinski definition) is 4. The maximum atomic E-state index is 10.5. The van der Waals surface area contributed by atoms with E-state index >= 15 is 0 Å². The monoisotopic (exact) mass is 199 g/mol. The van der Waals surface area contributed by atoms with Gasteiger partial charge in [0.25, 0.3) is 0 Å². The van der Waals surface area contributed by atoms with E-state index in [1.54, 1.807) is 4.57 Å². The largest absolute Gasteiger partial charge is 0.480 e. The number of nitrogens with zero attached hydrogens (tertiary/aromatic N) is 2. The van der Waals surface area contributed by atoms with Gasteiger partial charge in [0.1, 0.15) is 12.1 Å². The highest BCUT2D eigenvalue weighted by Crippen LogP contribution is 2.15. The molecule has 1 aromatic heterocycles. The molecule has 0 aliphatic carbocycles. The minimum Gasteiger partial charge on any atom is -0.480 e. The molecule has 6 nitrogen and oxygen atoms in total. The quantitative estimate of drug-likeness (QED) is 0.598. The summed E-state index contributed by atoms with van der Waals surface area (Å²) in [6, 6.07) is -1.32. The van der Waals surface area contributed by atoms with Crippen LogP contribution in [0, 0.1) is 0 Å². The number of hydrogen-bond donors (Lipinski definition) is 3. The number of aliphatic carboxylic acids is 1. The number of carboxylic acids is 1. The number of aliphatic hydroxyl groups is 1. The summed E-state index contributed by atoms with van der Waals surface area (Å²) in [6.07, 6.45) is 1.71. The first kappa shape index (κ1) is 10.7. The Hall–Kier alpha value is -1.40. The third-order valence-electron chi connectivity index (χ3n) is 2.01. The first-order chi connectivity index (χ1) is 6.57. The predicted molar refractivity (Wildman–Crippen MR) is 48.5 cm³/mol. The van der Waals surface area contributed by atoms with Crippen LogP contribution in [0.5, 0.6) is 0 Å². The number of nitrogens with two attached hydrogens (primary N) is 1. The Morgan fingerprint density at radius 2 is 2.43 bits per heavy atom. The van der Waals surface area contributed by atoms with Crippen LogP contribution < -0.4 is 5.73 Å². The summed E-state index contributed by atoms with van der Waals surface area (Å²) in [4.78, 5) is 14.3. The molecule has 2 atom stereocenters. The van der Waals surface area contributed by atoms with E-state index in [0.717, 1.165) is 0 Å². The van der Waals surface area contributed by atoms with Crippen LogP contribution in [-0.2, 0) is 11.3 Å². The first-order valence-corrected chi connectivity index (χ1v) is 4.24. The van der Waals surface area contributed by atoms with Crippen molar-refractivity contribution in [1.29, 1.82) is 0 Å². The van der Waals surface area contributed by atoms with E-state index in [0.29, 0.717) is 12.2 Å². The van der Waals surface area contributed by atoms with Crippen LogP contribution in [0.2, 0.25) is 0 Å². The maximum Gasteiger partial charge on any atom is 0.323 e. The molecule has 0 aliphatic rings. The highest BCUT2D eigenvalue weighted by atomic mass is 16.4. The topological polar surface area (TPSA) is 101 Å². The van der Waals surface area contributed by atoms with Gasteiger partial charge in [0, 0.05) is 6.54 Å². The molecular formula is C8H13N3O3. The lowest BCUT2D eigenvalue weighted by atomic mass is 10.1. The first-order valence-electron chi connectivity index (χ1n) is 4.24. The third kappa shape index (κ3) is 1.91. The summed E-state index contributed by atoms with van der Waals surface area (Å²) in [5.74, 6) is -1.23. The summed E-state index contributed by atoms with van der Waals surface area (Å²) in [7, 11) is 0. The van der Waals surface area contributed by atoms with E-state index in [-0.39, 0.29) is 0 Å². The van der Waals surface area contributed by atoms with Crippen molar-refractivity contribution < 1.29 is 15.0 Å². The lowest BCUT2D eigenvalue weighted by Gasteiger charge is -2.15. The van der Waals surface area contributed by atoms with Gasteiger partial charge in [0.15, 0.2) is 0 Å².